The van der Waals surface area contributed by atoms with Gasteiger partial charge in [0.15, 0.2) is 5.58 Å². The van der Waals surface area contributed by atoms with Crippen LogP contribution in [-0.4, -0.2) is 55.4 Å². The first-order valence-corrected chi connectivity index (χ1v) is 9.59. The second-order valence-corrected chi connectivity index (χ2v) is 7.44. The highest BCUT2D eigenvalue weighted by molar-refractivity contribution is 6.31. The molecule has 2 aromatic rings. The highest BCUT2D eigenvalue weighted by Gasteiger charge is 2.26. The van der Waals surface area contributed by atoms with Gasteiger partial charge in [0.1, 0.15) is 5.52 Å². The van der Waals surface area contributed by atoms with Gasteiger partial charge in [0, 0.05) is 57.7 Å². The van der Waals surface area contributed by atoms with Crippen molar-refractivity contribution in [3.63, 3.8) is 0 Å². The Morgan fingerprint density at radius 2 is 2.26 bits per heavy atom. The van der Waals surface area contributed by atoms with Crippen molar-refractivity contribution in [2.75, 3.05) is 38.6 Å². The van der Waals surface area contributed by atoms with Gasteiger partial charge in [-0.2, -0.15) is 4.98 Å². The number of anilines is 1. The molecule has 7 nitrogen and oxygen atoms in total. The summed E-state index contributed by atoms with van der Waals surface area (Å²) < 4.78 is 5.86. The summed E-state index contributed by atoms with van der Waals surface area (Å²) in [6.45, 7) is 2.02. The largest absolute Gasteiger partial charge is 0.423 e. The zero-order valence-electron chi connectivity index (χ0n) is 15.7. The van der Waals surface area contributed by atoms with Crippen molar-refractivity contribution in [3.05, 3.63) is 23.2 Å². The van der Waals surface area contributed by atoms with E-state index in [0.29, 0.717) is 36.0 Å². The lowest BCUT2D eigenvalue weighted by Gasteiger charge is -2.32. The lowest BCUT2D eigenvalue weighted by molar-refractivity contribution is -0.131. The van der Waals surface area contributed by atoms with Gasteiger partial charge in [-0.1, -0.05) is 11.6 Å². The molecule has 2 amide bonds. The molecule has 0 aliphatic carbocycles. The summed E-state index contributed by atoms with van der Waals surface area (Å²) in [5, 5.41) is 3.19. The standard InChI is InChI=1S/C19H25ClN4O3/c1-21-17(25)7-9-23(2)18(26)10-13-4-3-8-24(12-13)19-22-15-6-5-14(20)11-16(15)27-19/h5-6,11,13H,3-4,7-10,12H2,1-2H3,(H,21,25). The molecule has 1 aromatic carbocycles. The van der Waals surface area contributed by atoms with Crippen molar-refractivity contribution in [2.24, 2.45) is 5.92 Å². The van der Waals surface area contributed by atoms with E-state index in [1.165, 1.54) is 0 Å². The Morgan fingerprint density at radius 3 is 3.04 bits per heavy atom. The van der Waals surface area contributed by atoms with E-state index >= 15 is 0 Å². The molecule has 1 fully saturated rings. The molecule has 1 saturated heterocycles. The number of rotatable bonds is 6. The van der Waals surface area contributed by atoms with E-state index in [1.54, 1.807) is 31.1 Å². The predicted octanol–water partition coefficient (Wildman–Crippen LogP) is 2.68. The van der Waals surface area contributed by atoms with E-state index in [0.717, 1.165) is 31.4 Å². The first-order chi connectivity index (χ1) is 13.0. The van der Waals surface area contributed by atoms with Crippen LogP contribution in [0.3, 0.4) is 0 Å². The minimum absolute atomic E-state index is 0.0606. The van der Waals surface area contributed by atoms with Crippen LogP contribution in [0.4, 0.5) is 6.01 Å². The molecule has 1 atom stereocenters. The Kier molecular flexibility index (Phi) is 6.21. The fraction of sp³-hybridized carbons (Fsp3) is 0.526. The van der Waals surface area contributed by atoms with E-state index in [2.05, 4.69) is 15.2 Å². The van der Waals surface area contributed by atoms with Crippen LogP contribution in [0, 0.1) is 5.92 Å². The van der Waals surface area contributed by atoms with E-state index in [1.807, 2.05) is 6.07 Å². The fourth-order valence-corrected chi connectivity index (χ4v) is 3.51. The van der Waals surface area contributed by atoms with Crippen molar-refractivity contribution >= 4 is 40.5 Å². The summed E-state index contributed by atoms with van der Waals surface area (Å²) in [6, 6.07) is 5.98. The van der Waals surface area contributed by atoms with E-state index in [9.17, 15) is 9.59 Å². The van der Waals surface area contributed by atoms with Crippen LogP contribution in [-0.2, 0) is 9.59 Å². The van der Waals surface area contributed by atoms with Gasteiger partial charge in [-0.15, -0.1) is 0 Å². The number of aromatic nitrogens is 1. The Morgan fingerprint density at radius 1 is 1.44 bits per heavy atom. The zero-order valence-corrected chi connectivity index (χ0v) is 16.5. The van der Waals surface area contributed by atoms with Gasteiger partial charge in [0.05, 0.1) is 0 Å². The van der Waals surface area contributed by atoms with Crippen LogP contribution in [0.15, 0.2) is 22.6 Å². The number of amides is 2. The smallest absolute Gasteiger partial charge is 0.298 e. The lowest BCUT2D eigenvalue weighted by Crippen LogP contribution is -2.39. The number of benzene rings is 1. The van der Waals surface area contributed by atoms with Crippen molar-refractivity contribution in [2.45, 2.75) is 25.7 Å². The average Bonchev–Trinajstić information content (AvgIpc) is 3.09. The van der Waals surface area contributed by atoms with Crippen molar-refractivity contribution < 1.29 is 14.0 Å². The molecule has 0 saturated carbocycles. The quantitative estimate of drug-likeness (QED) is 0.817. The van der Waals surface area contributed by atoms with Gasteiger partial charge in [-0.05, 0) is 30.9 Å². The van der Waals surface area contributed by atoms with Crippen LogP contribution in [0.1, 0.15) is 25.7 Å². The maximum absolute atomic E-state index is 12.5. The summed E-state index contributed by atoms with van der Waals surface area (Å²) in [4.78, 5) is 32.1. The van der Waals surface area contributed by atoms with E-state index in [4.69, 9.17) is 16.0 Å². The number of hydrogen-bond acceptors (Lipinski definition) is 5. The number of halogens is 1. The number of fused-ring (bicyclic) bond motifs is 1. The van der Waals surface area contributed by atoms with Crippen molar-refractivity contribution in [1.29, 1.82) is 0 Å². The number of nitrogens with zero attached hydrogens (tertiary/aromatic N) is 3. The molecular formula is C19H25ClN4O3. The number of carbonyl (C=O) groups excluding carboxylic acids is 2. The lowest BCUT2D eigenvalue weighted by atomic mass is 9.94. The molecule has 1 aliphatic rings. The minimum atomic E-state index is -0.0606. The summed E-state index contributed by atoms with van der Waals surface area (Å²) in [6.07, 6.45) is 2.77. The first kappa shape index (κ1) is 19.5. The Balaban J connectivity index is 1.58. The van der Waals surface area contributed by atoms with Gasteiger partial charge in [0.25, 0.3) is 6.01 Å². The van der Waals surface area contributed by atoms with Gasteiger partial charge in [-0.3, -0.25) is 9.59 Å². The number of carbonyl (C=O) groups is 2. The molecule has 1 N–H and O–H groups in total. The maximum Gasteiger partial charge on any atom is 0.298 e. The highest BCUT2D eigenvalue weighted by atomic mass is 35.5. The second kappa shape index (κ2) is 8.61. The first-order valence-electron chi connectivity index (χ1n) is 9.22. The third kappa shape index (κ3) is 4.91. The molecule has 1 aliphatic heterocycles. The molecule has 0 bridgehead atoms. The SMILES string of the molecule is CNC(=O)CCN(C)C(=O)CC1CCCN(c2nc3ccc(Cl)cc3o2)C1. The average molecular weight is 393 g/mol. The molecule has 3 rings (SSSR count). The number of oxazole rings is 1. The minimum Gasteiger partial charge on any atom is -0.423 e. The van der Waals surface area contributed by atoms with Gasteiger partial charge >= 0.3 is 0 Å². The van der Waals surface area contributed by atoms with Gasteiger partial charge in [0.2, 0.25) is 11.8 Å². The van der Waals surface area contributed by atoms with Crippen molar-refractivity contribution in [3.8, 4) is 0 Å². The molecule has 146 valence electrons. The van der Waals surface area contributed by atoms with Crippen LogP contribution >= 0.6 is 11.6 Å². The summed E-state index contributed by atoms with van der Waals surface area (Å²) in [5.74, 6) is 0.247. The molecule has 8 heteroatoms. The topological polar surface area (TPSA) is 78.7 Å². The number of hydrogen-bond donors (Lipinski definition) is 1. The van der Waals surface area contributed by atoms with Crippen LogP contribution in [0.25, 0.3) is 11.1 Å². The fourth-order valence-electron chi connectivity index (χ4n) is 3.35. The molecule has 1 unspecified atom stereocenters. The van der Waals surface area contributed by atoms with Gasteiger partial charge < -0.3 is 19.5 Å². The normalized spacial score (nSPS) is 17.1. The zero-order chi connectivity index (χ0) is 19.4. The Labute approximate surface area is 163 Å². The molecular weight excluding hydrogens is 368 g/mol. The molecule has 2 heterocycles. The maximum atomic E-state index is 12.5. The molecule has 0 radical (unpaired) electrons. The van der Waals surface area contributed by atoms with E-state index < -0.39 is 0 Å². The van der Waals surface area contributed by atoms with Crippen LogP contribution in [0.5, 0.6) is 0 Å². The monoisotopic (exact) mass is 392 g/mol. The predicted molar refractivity (Wildman–Crippen MR) is 105 cm³/mol. The third-order valence-corrected chi connectivity index (χ3v) is 5.21. The number of nitrogens with one attached hydrogen (secondary N) is 1. The second-order valence-electron chi connectivity index (χ2n) is 7.01. The third-order valence-electron chi connectivity index (χ3n) is 4.97. The van der Waals surface area contributed by atoms with Crippen LogP contribution in [0.2, 0.25) is 5.02 Å². The molecule has 0 spiro atoms. The van der Waals surface area contributed by atoms with E-state index in [-0.39, 0.29) is 17.7 Å². The summed E-state index contributed by atoms with van der Waals surface area (Å²) in [7, 11) is 3.34. The van der Waals surface area contributed by atoms with Crippen molar-refractivity contribution in [1.82, 2.24) is 15.2 Å². The Bertz CT molecular complexity index is 822. The van der Waals surface area contributed by atoms with Gasteiger partial charge in [-0.25, -0.2) is 0 Å². The summed E-state index contributed by atoms with van der Waals surface area (Å²) >= 11 is 6.01. The van der Waals surface area contributed by atoms with Crippen LogP contribution < -0.4 is 10.2 Å². The Hall–Kier alpha value is -2.28. The highest BCUT2D eigenvalue weighted by Crippen LogP contribution is 2.29. The molecule has 1 aromatic heterocycles. The number of piperidine rings is 1. The summed E-state index contributed by atoms with van der Waals surface area (Å²) in [5.41, 5.74) is 1.45. The molecule has 27 heavy (non-hydrogen) atoms.